The lowest BCUT2D eigenvalue weighted by Gasteiger charge is -2.62. The Labute approximate surface area is 247 Å². The maximum absolute atomic E-state index is 12.8. The normalized spacial score (nSPS) is 40.7. The summed E-state index contributed by atoms with van der Waals surface area (Å²) >= 11 is 1.92. The summed E-state index contributed by atoms with van der Waals surface area (Å²) in [6.45, 7) is 7.20. The summed E-state index contributed by atoms with van der Waals surface area (Å²) in [6, 6.07) is 4.65. The molecule has 5 rings (SSSR count). The van der Waals surface area contributed by atoms with E-state index in [1.807, 2.05) is 22.6 Å². The minimum absolute atomic E-state index is 0.0575. The minimum atomic E-state index is -3.79. The Morgan fingerprint density at radius 2 is 1.79 bits per heavy atom. The molecule has 4 fully saturated rings. The average molecular weight is 673 g/mol. The molecule has 5 N–H and O–H groups in total. The number of primary sulfonamides is 1. The molecule has 10 atom stereocenters. The predicted octanol–water partition coefficient (Wildman–Crippen LogP) is 5.28. The molecule has 0 aromatic heterocycles. The quantitative estimate of drug-likeness (QED) is 0.306. The molecule has 0 aliphatic heterocycles. The Hall–Kier alpha value is -0.750. The van der Waals surface area contributed by atoms with E-state index < -0.39 is 10.0 Å². The number of amides is 1. The number of nitrogens with one attached hydrogen (secondary N) is 1. The van der Waals surface area contributed by atoms with Gasteiger partial charge in [-0.25, -0.2) is 13.6 Å². The zero-order valence-electron chi connectivity index (χ0n) is 23.4. The number of aliphatic hydroxyl groups excluding tert-OH is 2. The number of carbonyl (C=O) groups is 1. The maximum Gasteiger partial charge on any atom is 0.239 e. The third-order valence-corrected chi connectivity index (χ3v) is 14.0. The first-order valence-corrected chi connectivity index (χ1v) is 17.3. The lowest BCUT2D eigenvalue weighted by Crippen LogP contribution is -2.58. The number of hydrogen-bond acceptors (Lipinski definition) is 5. The van der Waals surface area contributed by atoms with Gasteiger partial charge in [-0.05, 0) is 145 Å². The van der Waals surface area contributed by atoms with Gasteiger partial charge in [-0.1, -0.05) is 20.8 Å². The van der Waals surface area contributed by atoms with Crippen LogP contribution in [0.2, 0.25) is 0 Å². The Morgan fingerprint density at radius 1 is 1.10 bits per heavy atom. The number of sulfonamides is 1. The highest BCUT2D eigenvalue weighted by atomic mass is 127. The van der Waals surface area contributed by atoms with Crippen molar-refractivity contribution in [3.05, 3.63) is 21.8 Å². The van der Waals surface area contributed by atoms with E-state index in [0.717, 1.165) is 51.4 Å². The van der Waals surface area contributed by atoms with Crippen LogP contribution in [-0.2, 0) is 14.8 Å². The van der Waals surface area contributed by atoms with Crippen molar-refractivity contribution in [3.8, 4) is 0 Å². The molecule has 1 aromatic rings. The molecule has 4 saturated carbocycles. The van der Waals surface area contributed by atoms with Crippen LogP contribution in [0.1, 0.15) is 85.0 Å². The zero-order valence-corrected chi connectivity index (χ0v) is 26.4. The molecule has 1 aromatic carbocycles. The van der Waals surface area contributed by atoms with Gasteiger partial charge in [0, 0.05) is 15.7 Å². The van der Waals surface area contributed by atoms with Gasteiger partial charge >= 0.3 is 0 Å². The van der Waals surface area contributed by atoms with Crippen LogP contribution in [0, 0.1) is 49.9 Å². The number of nitrogens with two attached hydrogens (primary N) is 1. The molecule has 218 valence electrons. The van der Waals surface area contributed by atoms with Crippen LogP contribution in [0.5, 0.6) is 0 Å². The Bertz CT molecular complexity index is 1210. The highest BCUT2D eigenvalue weighted by Crippen LogP contribution is 2.68. The molecule has 0 heterocycles. The number of hydrogen-bond donors (Lipinski definition) is 4. The number of rotatable bonds is 6. The third-order valence-electron chi connectivity index (χ3n) is 11.8. The SMILES string of the molecule is C[C@H](CCC(=O)Nc1ccc(S(N)(=O)=O)c(I)c1)[C@H]1CC[C@H]2[C@@H]3[C@@H](O)C[C@@H]4C[C@H](O)CC[C@]4(C)[C@H]3CC[C@]12C. The number of benzene rings is 1. The van der Waals surface area contributed by atoms with E-state index in [9.17, 15) is 23.4 Å². The summed E-state index contributed by atoms with van der Waals surface area (Å²) in [5.74, 6) is 2.72. The first-order chi connectivity index (χ1) is 18.2. The molecule has 9 heteroatoms. The van der Waals surface area contributed by atoms with Crippen molar-refractivity contribution in [2.75, 3.05) is 5.32 Å². The largest absolute Gasteiger partial charge is 0.393 e. The van der Waals surface area contributed by atoms with Crippen LogP contribution in [0.4, 0.5) is 5.69 Å². The van der Waals surface area contributed by atoms with Gasteiger partial charge in [0.1, 0.15) is 0 Å². The number of anilines is 1. The lowest BCUT2D eigenvalue weighted by molar-refractivity contribution is -0.174. The number of aliphatic hydroxyl groups is 2. The van der Waals surface area contributed by atoms with Gasteiger partial charge in [0.05, 0.1) is 17.1 Å². The maximum atomic E-state index is 12.8. The topological polar surface area (TPSA) is 130 Å². The second-order valence-corrected chi connectivity index (χ2v) is 16.4. The molecule has 1 amide bonds. The van der Waals surface area contributed by atoms with E-state index in [2.05, 4.69) is 26.1 Å². The molecule has 0 saturated heterocycles. The van der Waals surface area contributed by atoms with E-state index in [0.29, 0.717) is 51.2 Å². The van der Waals surface area contributed by atoms with Crippen molar-refractivity contribution in [1.29, 1.82) is 0 Å². The summed E-state index contributed by atoms with van der Waals surface area (Å²) in [4.78, 5) is 12.9. The average Bonchev–Trinajstić information content (AvgIpc) is 3.20. The van der Waals surface area contributed by atoms with Gasteiger partial charge in [0.25, 0.3) is 0 Å². The van der Waals surface area contributed by atoms with Crippen molar-refractivity contribution in [3.63, 3.8) is 0 Å². The first kappa shape index (κ1) is 29.7. The summed E-state index contributed by atoms with van der Waals surface area (Å²) < 4.78 is 23.8. The van der Waals surface area contributed by atoms with Crippen LogP contribution < -0.4 is 10.5 Å². The highest BCUT2D eigenvalue weighted by Gasteiger charge is 2.62. The first-order valence-electron chi connectivity index (χ1n) is 14.7. The van der Waals surface area contributed by atoms with E-state index >= 15 is 0 Å². The zero-order chi connectivity index (χ0) is 28.3. The Balaban J connectivity index is 1.22. The molecule has 4 aliphatic carbocycles. The standard InChI is InChI=1S/C30H45IN2O5S/c1-17(4-9-27(36)33-19-5-8-26(24(31)16-19)39(32,37)38)21-6-7-22-28-23(11-13-30(21,22)3)29(2)12-10-20(34)14-18(29)15-25(28)35/h5,8,16-18,20-23,25,28,34-35H,4,6-7,9-15H2,1-3H3,(H,33,36)(H2,32,37,38)/t17-,18+,20-,21-,22+,23+,25+,28+,29+,30-/m1/s1. The molecular weight excluding hydrogens is 627 g/mol. The van der Waals surface area contributed by atoms with Gasteiger partial charge in [-0.2, -0.15) is 0 Å². The van der Waals surface area contributed by atoms with Crippen LogP contribution in [0.3, 0.4) is 0 Å². The van der Waals surface area contributed by atoms with Crippen molar-refractivity contribution in [1.82, 2.24) is 0 Å². The van der Waals surface area contributed by atoms with E-state index in [4.69, 9.17) is 5.14 Å². The van der Waals surface area contributed by atoms with E-state index in [1.165, 1.54) is 12.5 Å². The molecule has 0 unspecified atom stereocenters. The summed E-state index contributed by atoms with van der Waals surface area (Å²) in [5, 5.41) is 29.9. The number of fused-ring (bicyclic) bond motifs is 5. The summed E-state index contributed by atoms with van der Waals surface area (Å²) in [6.07, 6.45) is 9.06. The lowest BCUT2D eigenvalue weighted by atomic mass is 9.43. The molecule has 4 aliphatic rings. The van der Waals surface area contributed by atoms with Gasteiger partial charge in [-0.3, -0.25) is 4.79 Å². The van der Waals surface area contributed by atoms with Crippen LogP contribution >= 0.6 is 22.6 Å². The fourth-order valence-corrected chi connectivity index (χ4v) is 11.8. The van der Waals surface area contributed by atoms with E-state index in [1.54, 1.807) is 12.1 Å². The fraction of sp³-hybridized carbons (Fsp3) is 0.767. The van der Waals surface area contributed by atoms with Crippen molar-refractivity contribution in [2.24, 2.45) is 51.5 Å². The molecule has 39 heavy (non-hydrogen) atoms. The molecule has 7 nitrogen and oxygen atoms in total. The molecule has 0 spiro atoms. The van der Waals surface area contributed by atoms with Crippen molar-refractivity contribution < 1.29 is 23.4 Å². The molecular formula is C30H45IN2O5S. The van der Waals surface area contributed by atoms with Gasteiger partial charge in [0.15, 0.2) is 0 Å². The number of halogens is 1. The summed E-state index contributed by atoms with van der Waals surface area (Å²) in [5.41, 5.74) is 0.995. The monoisotopic (exact) mass is 672 g/mol. The van der Waals surface area contributed by atoms with E-state index in [-0.39, 0.29) is 33.8 Å². The second kappa shape index (κ2) is 10.8. The molecule has 0 bridgehead atoms. The number of carbonyl (C=O) groups excluding carboxylic acids is 1. The van der Waals surface area contributed by atoms with Crippen LogP contribution in [0.25, 0.3) is 0 Å². The van der Waals surface area contributed by atoms with Crippen molar-refractivity contribution in [2.45, 2.75) is 102 Å². The fourth-order valence-electron chi connectivity index (χ4n) is 9.77. The van der Waals surface area contributed by atoms with Crippen LogP contribution in [-0.4, -0.2) is 36.7 Å². The third kappa shape index (κ3) is 5.44. The minimum Gasteiger partial charge on any atom is -0.393 e. The summed E-state index contributed by atoms with van der Waals surface area (Å²) in [7, 11) is -3.79. The smallest absolute Gasteiger partial charge is 0.239 e. The van der Waals surface area contributed by atoms with Gasteiger partial charge in [0.2, 0.25) is 15.9 Å². The Morgan fingerprint density at radius 3 is 2.49 bits per heavy atom. The predicted molar refractivity (Wildman–Crippen MR) is 160 cm³/mol. The van der Waals surface area contributed by atoms with Gasteiger partial charge in [-0.15, -0.1) is 0 Å². The second-order valence-electron chi connectivity index (χ2n) is 13.7. The van der Waals surface area contributed by atoms with Gasteiger partial charge < -0.3 is 15.5 Å². The molecule has 0 radical (unpaired) electrons. The van der Waals surface area contributed by atoms with Crippen molar-refractivity contribution >= 4 is 44.2 Å². The Kier molecular flexibility index (Phi) is 8.25. The van der Waals surface area contributed by atoms with Crippen LogP contribution in [0.15, 0.2) is 23.1 Å². The highest BCUT2D eigenvalue weighted by molar-refractivity contribution is 14.1.